The van der Waals surface area contributed by atoms with Crippen molar-refractivity contribution in [1.82, 2.24) is 4.31 Å². The van der Waals surface area contributed by atoms with Crippen LogP contribution in [-0.4, -0.2) is 21.2 Å². The van der Waals surface area contributed by atoms with Gasteiger partial charge in [0, 0.05) is 0 Å². The molecule has 1 aliphatic heterocycles. The Balaban J connectivity index is 2.36. The Kier molecular flexibility index (Phi) is 2.66. The van der Waals surface area contributed by atoms with Gasteiger partial charge in [-0.3, -0.25) is 4.99 Å². The maximum Gasteiger partial charge on any atom is 0.377 e. The van der Waals surface area contributed by atoms with E-state index in [4.69, 9.17) is 0 Å². The van der Waals surface area contributed by atoms with Gasteiger partial charge in [0.25, 0.3) is 0 Å². The molecule has 0 saturated heterocycles. The minimum atomic E-state index is -3.41. The number of rotatable bonds is 2. The number of nitrogens with zero attached hydrogens (tertiary/aromatic N) is 2. The van der Waals surface area contributed by atoms with E-state index in [0.717, 1.165) is 0 Å². The van der Waals surface area contributed by atoms with E-state index >= 15 is 0 Å². The molecule has 0 atom stereocenters. The fourth-order valence-electron chi connectivity index (χ4n) is 1.27. The molecule has 0 saturated carbocycles. The van der Waals surface area contributed by atoms with Crippen molar-refractivity contribution >= 4 is 16.2 Å². The van der Waals surface area contributed by atoms with Crippen LogP contribution in [0.3, 0.4) is 0 Å². The highest BCUT2D eigenvalue weighted by Crippen LogP contribution is 2.13. The van der Waals surface area contributed by atoms with Crippen LogP contribution in [0, 0.1) is 0 Å². The van der Waals surface area contributed by atoms with E-state index in [1.165, 1.54) is 16.7 Å². The largest absolute Gasteiger partial charge is 0.377 e. The number of aliphatic imine (C=N–C) groups is 1. The topological polar surface area (TPSA) is 52.4 Å². The minimum absolute atomic E-state index is 0.285. The van der Waals surface area contributed by atoms with Crippen molar-refractivity contribution in [2.75, 3.05) is 6.54 Å². The highest BCUT2D eigenvalue weighted by molar-refractivity contribution is 7.90. The molecule has 0 aromatic heterocycles. The van der Waals surface area contributed by atoms with Crippen molar-refractivity contribution < 1.29 is 8.42 Å². The van der Waals surface area contributed by atoms with Crippen LogP contribution >= 0.6 is 0 Å². The normalized spacial score (nSPS) is 16.8. The SMILES string of the molecule is O=S(=O)(c1ccccc1)[N+]1C=CN=CC1. The zero-order valence-corrected chi connectivity index (χ0v) is 8.76. The first-order chi connectivity index (χ1) is 7.21. The minimum Gasteiger partial charge on any atom is -0.257 e. The Bertz CT molecular complexity index is 491. The molecule has 0 fully saturated rings. The summed E-state index contributed by atoms with van der Waals surface area (Å²) in [6.45, 7) is 0.285. The van der Waals surface area contributed by atoms with Gasteiger partial charge in [0.2, 0.25) is 0 Å². The summed E-state index contributed by atoms with van der Waals surface area (Å²) < 4.78 is 25.3. The summed E-state index contributed by atoms with van der Waals surface area (Å²) in [5.74, 6) is 0. The van der Waals surface area contributed by atoms with Gasteiger partial charge in [0.15, 0.2) is 12.7 Å². The summed E-state index contributed by atoms with van der Waals surface area (Å²) >= 11 is 0. The van der Waals surface area contributed by atoms with E-state index in [0.29, 0.717) is 4.90 Å². The summed E-state index contributed by atoms with van der Waals surface area (Å²) in [6, 6.07) is 8.35. The first kappa shape index (κ1) is 10.1. The molecule has 5 heteroatoms. The summed E-state index contributed by atoms with van der Waals surface area (Å²) in [5, 5.41) is 0. The standard InChI is InChI=1S/C10H10N2O2S/c13-15(14,10-4-2-1-3-5-10)12-8-6-11-7-9-12/h1-8H,9H2/q+1. The molecule has 2 rings (SSSR count). The summed E-state index contributed by atoms with van der Waals surface area (Å²) in [6.07, 6.45) is 4.48. The second-order valence-electron chi connectivity index (χ2n) is 3.02. The van der Waals surface area contributed by atoms with Gasteiger partial charge in [-0.25, -0.2) is 0 Å². The second kappa shape index (κ2) is 3.96. The van der Waals surface area contributed by atoms with E-state index in [9.17, 15) is 8.42 Å². The lowest BCUT2D eigenvalue weighted by atomic mass is 10.4. The Hall–Kier alpha value is -1.46. The molecule has 0 aliphatic carbocycles. The molecule has 0 unspecified atom stereocenters. The fourth-order valence-corrected chi connectivity index (χ4v) is 2.52. The van der Waals surface area contributed by atoms with Crippen LogP contribution in [0.25, 0.3) is 0 Å². The third-order valence-electron chi connectivity index (χ3n) is 2.04. The number of benzene rings is 1. The molecule has 1 radical (unpaired) electrons. The van der Waals surface area contributed by atoms with Gasteiger partial charge in [-0.1, -0.05) is 18.2 Å². The summed E-state index contributed by atoms with van der Waals surface area (Å²) in [5.41, 5.74) is 0. The first-order valence-corrected chi connectivity index (χ1v) is 5.90. The van der Waals surface area contributed by atoms with Gasteiger partial charge in [-0.2, -0.15) is 8.42 Å². The predicted octanol–water partition coefficient (Wildman–Crippen LogP) is 1.07. The van der Waals surface area contributed by atoms with Gasteiger partial charge < -0.3 is 0 Å². The quantitative estimate of drug-likeness (QED) is 0.703. The molecule has 1 aromatic carbocycles. The molecule has 15 heavy (non-hydrogen) atoms. The molecular formula is C10H10N2O2S+. The van der Waals surface area contributed by atoms with Gasteiger partial charge in [-0.15, -0.1) is 0 Å². The van der Waals surface area contributed by atoms with Crippen molar-refractivity contribution in [2.24, 2.45) is 4.99 Å². The Morgan fingerprint density at radius 2 is 1.93 bits per heavy atom. The average molecular weight is 222 g/mol. The fraction of sp³-hybridized carbons (Fsp3) is 0.100. The molecule has 0 amide bonds. The zero-order chi connectivity index (χ0) is 10.7. The maximum atomic E-state index is 12.0. The van der Waals surface area contributed by atoms with E-state index in [2.05, 4.69) is 4.99 Å². The van der Waals surface area contributed by atoms with Crippen LogP contribution in [0.1, 0.15) is 0 Å². The molecule has 1 aromatic rings. The van der Waals surface area contributed by atoms with Crippen molar-refractivity contribution in [1.29, 1.82) is 0 Å². The number of hydrogen-bond donors (Lipinski definition) is 0. The van der Waals surface area contributed by atoms with Crippen LogP contribution in [0.4, 0.5) is 0 Å². The number of sulfonamides is 1. The van der Waals surface area contributed by atoms with Crippen molar-refractivity contribution in [2.45, 2.75) is 4.90 Å². The van der Waals surface area contributed by atoms with Crippen molar-refractivity contribution in [3.8, 4) is 0 Å². The lowest BCUT2D eigenvalue weighted by molar-refractivity contribution is 0.566. The molecule has 0 N–H and O–H groups in total. The van der Waals surface area contributed by atoms with Crippen LogP contribution in [0.2, 0.25) is 0 Å². The Morgan fingerprint density at radius 3 is 2.53 bits per heavy atom. The molecule has 0 spiro atoms. The van der Waals surface area contributed by atoms with Crippen molar-refractivity contribution in [3.05, 3.63) is 42.7 Å². The van der Waals surface area contributed by atoms with Gasteiger partial charge in [0.05, 0.1) is 12.4 Å². The highest BCUT2D eigenvalue weighted by Gasteiger charge is 2.32. The lowest BCUT2D eigenvalue weighted by Gasteiger charge is -2.06. The van der Waals surface area contributed by atoms with Gasteiger partial charge in [-0.05, 0) is 16.4 Å². The molecule has 77 valence electrons. The molecule has 1 heterocycles. The first-order valence-electron chi connectivity index (χ1n) is 4.46. The van der Waals surface area contributed by atoms with Gasteiger partial charge in [0.1, 0.15) is 4.90 Å². The van der Waals surface area contributed by atoms with Crippen LogP contribution in [0.5, 0.6) is 0 Å². The smallest absolute Gasteiger partial charge is 0.257 e. The van der Waals surface area contributed by atoms with Crippen molar-refractivity contribution in [3.63, 3.8) is 0 Å². The molecular weight excluding hydrogens is 212 g/mol. The molecule has 1 aliphatic rings. The lowest BCUT2D eigenvalue weighted by Crippen LogP contribution is -2.34. The zero-order valence-electron chi connectivity index (χ0n) is 7.95. The number of hydrogen-bond acceptors (Lipinski definition) is 3. The van der Waals surface area contributed by atoms with Crippen LogP contribution in [0.15, 0.2) is 52.6 Å². The van der Waals surface area contributed by atoms with Crippen LogP contribution < -0.4 is 4.31 Å². The average Bonchev–Trinajstić information content (AvgIpc) is 2.31. The van der Waals surface area contributed by atoms with Gasteiger partial charge >= 0.3 is 10.0 Å². The van der Waals surface area contributed by atoms with E-state index < -0.39 is 10.0 Å². The van der Waals surface area contributed by atoms with E-state index in [1.807, 2.05) is 0 Å². The second-order valence-corrected chi connectivity index (χ2v) is 4.91. The van der Waals surface area contributed by atoms with Crippen LogP contribution in [-0.2, 0) is 10.0 Å². The molecule has 0 bridgehead atoms. The third kappa shape index (κ3) is 1.98. The van der Waals surface area contributed by atoms with E-state index in [-0.39, 0.29) is 6.54 Å². The Morgan fingerprint density at radius 1 is 1.20 bits per heavy atom. The summed E-state index contributed by atoms with van der Waals surface area (Å²) in [7, 11) is -3.41. The maximum absolute atomic E-state index is 12.0. The predicted molar refractivity (Wildman–Crippen MR) is 58.3 cm³/mol. The molecule has 4 nitrogen and oxygen atoms in total. The summed E-state index contributed by atoms with van der Waals surface area (Å²) in [4.78, 5) is 4.12. The highest BCUT2D eigenvalue weighted by atomic mass is 32.2. The monoisotopic (exact) mass is 222 g/mol. The third-order valence-corrected chi connectivity index (χ3v) is 3.79. The Labute approximate surface area is 88.6 Å². The van der Waals surface area contributed by atoms with E-state index in [1.54, 1.807) is 36.5 Å².